The van der Waals surface area contributed by atoms with Gasteiger partial charge in [0, 0.05) is 38.6 Å². The fourth-order valence-corrected chi connectivity index (χ4v) is 2.14. The molecule has 0 heterocycles. The van der Waals surface area contributed by atoms with Gasteiger partial charge in [0.2, 0.25) is 0 Å². The molecule has 0 aliphatic rings. The lowest BCUT2D eigenvalue weighted by Crippen LogP contribution is -2.43. The minimum Gasteiger partial charge on any atom is -0.385 e. The van der Waals surface area contributed by atoms with Crippen molar-refractivity contribution in [3.8, 4) is 0 Å². The Balaban J connectivity index is 2.82. The van der Waals surface area contributed by atoms with Gasteiger partial charge in [-0.2, -0.15) is 0 Å². The second-order valence-electron chi connectivity index (χ2n) is 4.90. The molecular weight excluding hydrogens is 268 g/mol. The standard InChI is InChI=1S/C16H26N2O3/c1-5-17-15-8-6-14(7-9-15)16(19)18(10-11-20-3)13(2)12-21-4/h6-9,13,17H,5,10-12H2,1-4H3. The van der Waals surface area contributed by atoms with Crippen LogP contribution < -0.4 is 5.32 Å². The van der Waals surface area contributed by atoms with E-state index in [4.69, 9.17) is 9.47 Å². The monoisotopic (exact) mass is 294 g/mol. The molecule has 1 unspecified atom stereocenters. The average molecular weight is 294 g/mol. The number of hydrogen-bond donors (Lipinski definition) is 1. The molecule has 5 nitrogen and oxygen atoms in total. The molecule has 5 heteroatoms. The highest BCUT2D eigenvalue weighted by atomic mass is 16.5. The summed E-state index contributed by atoms with van der Waals surface area (Å²) >= 11 is 0. The number of carbonyl (C=O) groups excluding carboxylic acids is 1. The lowest BCUT2D eigenvalue weighted by Gasteiger charge is -2.28. The van der Waals surface area contributed by atoms with Crippen molar-refractivity contribution in [2.75, 3.05) is 45.8 Å². The molecule has 0 radical (unpaired) electrons. The third kappa shape index (κ3) is 5.36. The zero-order valence-electron chi connectivity index (χ0n) is 13.4. The number of benzene rings is 1. The summed E-state index contributed by atoms with van der Waals surface area (Å²) in [5.74, 6) is -0.000325. The van der Waals surface area contributed by atoms with Gasteiger partial charge in [-0.05, 0) is 38.1 Å². The molecule has 0 aromatic heterocycles. The fourth-order valence-electron chi connectivity index (χ4n) is 2.14. The van der Waals surface area contributed by atoms with Gasteiger partial charge in [-0.25, -0.2) is 0 Å². The van der Waals surface area contributed by atoms with Crippen molar-refractivity contribution < 1.29 is 14.3 Å². The third-order valence-corrected chi connectivity index (χ3v) is 3.25. The molecule has 0 saturated heterocycles. The van der Waals surface area contributed by atoms with Crippen molar-refractivity contribution in [1.82, 2.24) is 4.90 Å². The zero-order valence-corrected chi connectivity index (χ0v) is 13.4. The third-order valence-electron chi connectivity index (χ3n) is 3.25. The maximum absolute atomic E-state index is 12.6. The molecule has 0 saturated carbocycles. The van der Waals surface area contributed by atoms with Crippen LogP contribution >= 0.6 is 0 Å². The molecule has 1 aromatic rings. The highest BCUT2D eigenvalue weighted by molar-refractivity contribution is 5.94. The Morgan fingerprint density at radius 3 is 2.43 bits per heavy atom. The number of methoxy groups -OCH3 is 2. The first-order chi connectivity index (χ1) is 10.1. The van der Waals surface area contributed by atoms with Crippen LogP contribution in [-0.2, 0) is 9.47 Å². The van der Waals surface area contributed by atoms with Gasteiger partial charge in [-0.3, -0.25) is 4.79 Å². The Morgan fingerprint density at radius 2 is 1.90 bits per heavy atom. The number of ether oxygens (including phenoxy) is 2. The number of anilines is 1. The number of nitrogens with one attached hydrogen (secondary N) is 1. The minimum atomic E-state index is -0.000325. The first-order valence-electron chi connectivity index (χ1n) is 7.26. The quantitative estimate of drug-likeness (QED) is 0.759. The maximum Gasteiger partial charge on any atom is 0.254 e. The summed E-state index contributed by atoms with van der Waals surface area (Å²) in [6.45, 7) is 6.44. The first kappa shape index (κ1) is 17.5. The highest BCUT2D eigenvalue weighted by Gasteiger charge is 2.21. The van der Waals surface area contributed by atoms with Gasteiger partial charge in [0.05, 0.1) is 19.3 Å². The van der Waals surface area contributed by atoms with E-state index < -0.39 is 0 Å². The summed E-state index contributed by atoms with van der Waals surface area (Å²) in [7, 11) is 3.27. The molecule has 0 fully saturated rings. The molecule has 1 N–H and O–H groups in total. The van der Waals surface area contributed by atoms with E-state index in [-0.39, 0.29) is 11.9 Å². The van der Waals surface area contributed by atoms with E-state index in [0.29, 0.717) is 25.3 Å². The van der Waals surface area contributed by atoms with Crippen LogP contribution in [-0.4, -0.2) is 57.4 Å². The van der Waals surface area contributed by atoms with Crippen molar-refractivity contribution >= 4 is 11.6 Å². The van der Waals surface area contributed by atoms with Crippen LogP contribution in [0.4, 0.5) is 5.69 Å². The average Bonchev–Trinajstić information content (AvgIpc) is 2.49. The second kappa shape index (κ2) is 9.37. The van der Waals surface area contributed by atoms with Crippen LogP contribution in [0.1, 0.15) is 24.2 Å². The van der Waals surface area contributed by atoms with Gasteiger partial charge in [0.15, 0.2) is 0 Å². The fraction of sp³-hybridized carbons (Fsp3) is 0.562. The summed E-state index contributed by atoms with van der Waals surface area (Å²) in [5, 5.41) is 3.22. The van der Waals surface area contributed by atoms with Crippen molar-refractivity contribution in [1.29, 1.82) is 0 Å². The van der Waals surface area contributed by atoms with E-state index in [9.17, 15) is 4.79 Å². The molecule has 0 spiro atoms. The predicted molar refractivity (Wildman–Crippen MR) is 84.9 cm³/mol. The largest absolute Gasteiger partial charge is 0.385 e. The van der Waals surface area contributed by atoms with Crippen molar-refractivity contribution in [3.63, 3.8) is 0 Å². The van der Waals surface area contributed by atoms with E-state index in [1.54, 1.807) is 19.1 Å². The Kier molecular flexibility index (Phi) is 7.79. The zero-order chi connectivity index (χ0) is 15.7. The lowest BCUT2D eigenvalue weighted by molar-refractivity contribution is 0.0479. The summed E-state index contributed by atoms with van der Waals surface area (Å²) < 4.78 is 10.2. The van der Waals surface area contributed by atoms with Crippen LogP contribution in [0, 0.1) is 0 Å². The lowest BCUT2D eigenvalue weighted by atomic mass is 10.1. The molecule has 1 atom stereocenters. The Labute approximate surface area is 127 Å². The molecule has 0 bridgehead atoms. The number of amides is 1. The van der Waals surface area contributed by atoms with Crippen LogP contribution in [0.5, 0.6) is 0 Å². The smallest absolute Gasteiger partial charge is 0.254 e. The summed E-state index contributed by atoms with van der Waals surface area (Å²) in [4.78, 5) is 14.4. The van der Waals surface area contributed by atoms with Crippen LogP contribution in [0.25, 0.3) is 0 Å². The summed E-state index contributed by atoms with van der Waals surface area (Å²) in [6.07, 6.45) is 0. The van der Waals surface area contributed by atoms with Gasteiger partial charge in [-0.1, -0.05) is 0 Å². The van der Waals surface area contributed by atoms with Gasteiger partial charge in [0.1, 0.15) is 0 Å². The molecule has 0 aliphatic carbocycles. The Morgan fingerprint density at radius 1 is 1.24 bits per heavy atom. The van der Waals surface area contributed by atoms with E-state index >= 15 is 0 Å². The number of hydrogen-bond acceptors (Lipinski definition) is 4. The molecule has 0 aliphatic heterocycles. The topological polar surface area (TPSA) is 50.8 Å². The number of nitrogens with zero attached hydrogens (tertiary/aromatic N) is 1. The highest BCUT2D eigenvalue weighted by Crippen LogP contribution is 2.13. The Hall–Kier alpha value is -1.59. The van der Waals surface area contributed by atoms with Gasteiger partial charge >= 0.3 is 0 Å². The summed E-state index contributed by atoms with van der Waals surface area (Å²) in [5.41, 5.74) is 1.69. The molecular formula is C16H26N2O3. The van der Waals surface area contributed by atoms with Crippen LogP contribution in [0.3, 0.4) is 0 Å². The second-order valence-corrected chi connectivity index (χ2v) is 4.90. The van der Waals surface area contributed by atoms with E-state index in [0.717, 1.165) is 12.2 Å². The SMILES string of the molecule is CCNc1ccc(C(=O)N(CCOC)C(C)COC)cc1. The molecule has 118 valence electrons. The van der Waals surface area contributed by atoms with Crippen LogP contribution in [0.2, 0.25) is 0 Å². The van der Waals surface area contributed by atoms with Crippen molar-refractivity contribution in [2.45, 2.75) is 19.9 Å². The summed E-state index contributed by atoms with van der Waals surface area (Å²) in [6, 6.07) is 7.55. The predicted octanol–water partition coefficient (Wildman–Crippen LogP) is 2.24. The Bertz CT molecular complexity index is 420. The van der Waals surface area contributed by atoms with Gasteiger partial charge in [-0.15, -0.1) is 0 Å². The number of rotatable bonds is 9. The van der Waals surface area contributed by atoms with E-state index in [1.807, 2.05) is 38.1 Å². The molecule has 1 rings (SSSR count). The van der Waals surface area contributed by atoms with Gasteiger partial charge < -0.3 is 19.7 Å². The van der Waals surface area contributed by atoms with Crippen molar-refractivity contribution in [3.05, 3.63) is 29.8 Å². The maximum atomic E-state index is 12.6. The van der Waals surface area contributed by atoms with E-state index in [1.165, 1.54) is 0 Å². The van der Waals surface area contributed by atoms with Gasteiger partial charge in [0.25, 0.3) is 5.91 Å². The number of carbonyl (C=O) groups is 1. The normalized spacial score (nSPS) is 12.0. The van der Waals surface area contributed by atoms with E-state index in [2.05, 4.69) is 5.32 Å². The minimum absolute atomic E-state index is 0.000325. The van der Waals surface area contributed by atoms with Crippen molar-refractivity contribution in [2.24, 2.45) is 0 Å². The first-order valence-corrected chi connectivity index (χ1v) is 7.26. The molecule has 1 aromatic carbocycles. The van der Waals surface area contributed by atoms with Crippen LogP contribution in [0.15, 0.2) is 24.3 Å². The molecule has 21 heavy (non-hydrogen) atoms. The molecule has 1 amide bonds.